The molecule has 0 saturated heterocycles. The fourth-order valence-corrected chi connectivity index (χ4v) is 1.73. The molecule has 0 heterocycles. The van der Waals surface area contributed by atoms with E-state index in [2.05, 4.69) is 5.32 Å². The third-order valence-corrected chi connectivity index (χ3v) is 3.22. The predicted molar refractivity (Wildman–Crippen MR) is 78.7 cm³/mol. The van der Waals surface area contributed by atoms with Gasteiger partial charge < -0.3 is 20.9 Å². The molecule has 1 rings (SSSR count). The molecular formula is C15H24N2O3. The van der Waals surface area contributed by atoms with E-state index in [9.17, 15) is 9.90 Å². The summed E-state index contributed by atoms with van der Waals surface area (Å²) in [4.78, 5) is 11.1. The average molecular weight is 280 g/mol. The van der Waals surface area contributed by atoms with Gasteiger partial charge in [-0.2, -0.15) is 0 Å². The molecule has 1 atom stereocenters. The van der Waals surface area contributed by atoms with Crippen LogP contribution in [0.15, 0.2) is 18.2 Å². The lowest BCUT2D eigenvalue weighted by Crippen LogP contribution is -2.53. The average Bonchev–Trinajstić information content (AvgIpc) is 2.35. The first kappa shape index (κ1) is 16.5. The number of carbonyl (C=O) groups is 1. The maximum atomic E-state index is 11.1. The van der Waals surface area contributed by atoms with E-state index in [1.54, 1.807) is 13.8 Å². The third-order valence-electron chi connectivity index (χ3n) is 3.22. The predicted octanol–water partition coefficient (Wildman–Crippen LogP) is 0.897. The summed E-state index contributed by atoms with van der Waals surface area (Å²) in [5, 5.41) is 12.8. The molecule has 0 aliphatic rings. The van der Waals surface area contributed by atoms with E-state index in [0.29, 0.717) is 0 Å². The van der Waals surface area contributed by atoms with Gasteiger partial charge >= 0.3 is 0 Å². The Bertz CT molecular complexity index is 452. The monoisotopic (exact) mass is 280 g/mol. The van der Waals surface area contributed by atoms with Crippen molar-refractivity contribution in [3.8, 4) is 5.75 Å². The molecule has 1 unspecified atom stereocenters. The highest BCUT2D eigenvalue weighted by molar-refractivity contribution is 5.83. The number of aliphatic hydroxyl groups excluding tert-OH is 1. The topological polar surface area (TPSA) is 84.6 Å². The van der Waals surface area contributed by atoms with Crippen molar-refractivity contribution in [2.45, 2.75) is 39.3 Å². The summed E-state index contributed by atoms with van der Waals surface area (Å²) in [5.41, 5.74) is 6.46. The number of amides is 1. The number of rotatable bonds is 7. The molecule has 0 aliphatic carbocycles. The smallest absolute Gasteiger partial charge is 0.237 e. The van der Waals surface area contributed by atoms with Crippen LogP contribution in [0.4, 0.5) is 0 Å². The number of primary amides is 1. The third kappa shape index (κ3) is 4.51. The van der Waals surface area contributed by atoms with Crippen LogP contribution in [0.5, 0.6) is 5.75 Å². The zero-order valence-corrected chi connectivity index (χ0v) is 12.6. The van der Waals surface area contributed by atoms with Gasteiger partial charge in [0.05, 0.1) is 5.54 Å². The summed E-state index contributed by atoms with van der Waals surface area (Å²) >= 11 is 0. The van der Waals surface area contributed by atoms with E-state index in [4.69, 9.17) is 10.5 Å². The molecular weight excluding hydrogens is 256 g/mol. The van der Waals surface area contributed by atoms with Gasteiger partial charge in [-0.3, -0.25) is 4.79 Å². The molecule has 5 heteroatoms. The minimum absolute atomic E-state index is 0.160. The van der Waals surface area contributed by atoms with Crippen molar-refractivity contribution < 1.29 is 14.6 Å². The van der Waals surface area contributed by atoms with Crippen molar-refractivity contribution in [1.82, 2.24) is 5.32 Å². The minimum atomic E-state index is -0.848. The van der Waals surface area contributed by atoms with Gasteiger partial charge in [-0.1, -0.05) is 18.2 Å². The highest BCUT2D eigenvalue weighted by Crippen LogP contribution is 2.22. The van der Waals surface area contributed by atoms with Crippen molar-refractivity contribution >= 4 is 5.91 Å². The summed E-state index contributed by atoms with van der Waals surface area (Å²) in [6.45, 7) is 7.67. The van der Waals surface area contributed by atoms with Gasteiger partial charge in [0.15, 0.2) is 0 Å². The number of benzene rings is 1. The van der Waals surface area contributed by atoms with E-state index < -0.39 is 17.6 Å². The van der Waals surface area contributed by atoms with Crippen molar-refractivity contribution in [2.75, 3.05) is 13.2 Å². The summed E-state index contributed by atoms with van der Waals surface area (Å²) in [6.07, 6.45) is -0.715. The highest BCUT2D eigenvalue weighted by atomic mass is 16.5. The molecule has 0 radical (unpaired) electrons. The Morgan fingerprint density at radius 1 is 1.40 bits per heavy atom. The van der Waals surface area contributed by atoms with Gasteiger partial charge in [-0.25, -0.2) is 0 Å². The highest BCUT2D eigenvalue weighted by Gasteiger charge is 2.24. The number of nitrogens with two attached hydrogens (primary N) is 1. The molecule has 1 aromatic rings. The lowest BCUT2D eigenvalue weighted by Gasteiger charge is -2.24. The van der Waals surface area contributed by atoms with Gasteiger partial charge in [-0.15, -0.1) is 0 Å². The van der Waals surface area contributed by atoms with Crippen molar-refractivity contribution in [1.29, 1.82) is 0 Å². The molecule has 0 fully saturated rings. The largest absolute Gasteiger partial charge is 0.490 e. The number of carbonyl (C=O) groups excluding carboxylic acids is 1. The summed E-state index contributed by atoms with van der Waals surface area (Å²) in [7, 11) is 0. The lowest BCUT2D eigenvalue weighted by atomic mass is 10.1. The summed E-state index contributed by atoms with van der Waals surface area (Å²) < 4.78 is 5.65. The van der Waals surface area contributed by atoms with Crippen LogP contribution in [0.3, 0.4) is 0 Å². The maximum absolute atomic E-state index is 11.1. The van der Waals surface area contributed by atoms with Gasteiger partial charge in [0.1, 0.15) is 18.5 Å². The van der Waals surface area contributed by atoms with Crippen molar-refractivity contribution in [3.63, 3.8) is 0 Å². The second-order valence-electron chi connectivity index (χ2n) is 5.56. The second kappa shape index (κ2) is 6.72. The Kier molecular flexibility index (Phi) is 5.53. The number of hydrogen-bond acceptors (Lipinski definition) is 4. The minimum Gasteiger partial charge on any atom is -0.490 e. The fourth-order valence-electron chi connectivity index (χ4n) is 1.73. The number of ether oxygens (including phenoxy) is 1. The van der Waals surface area contributed by atoms with E-state index >= 15 is 0 Å². The fraction of sp³-hybridized carbons (Fsp3) is 0.533. The van der Waals surface area contributed by atoms with E-state index in [0.717, 1.165) is 16.9 Å². The molecule has 5 nitrogen and oxygen atoms in total. The van der Waals surface area contributed by atoms with Gasteiger partial charge in [0, 0.05) is 6.54 Å². The zero-order chi connectivity index (χ0) is 15.3. The van der Waals surface area contributed by atoms with Gasteiger partial charge in [0.2, 0.25) is 5.91 Å². The van der Waals surface area contributed by atoms with Crippen LogP contribution in [0, 0.1) is 13.8 Å². The molecule has 0 aromatic heterocycles. The quantitative estimate of drug-likeness (QED) is 0.692. The Labute approximate surface area is 120 Å². The number of nitrogens with one attached hydrogen (secondary N) is 1. The molecule has 0 bridgehead atoms. The molecule has 1 amide bonds. The Hall–Kier alpha value is -1.59. The first-order valence-electron chi connectivity index (χ1n) is 6.66. The molecule has 4 N–H and O–H groups in total. The van der Waals surface area contributed by atoms with Crippen LogP contribution in [0.2, 0.25) is 0 Å². The molecule has 20 heavy (non-hydrogen) atoms. The number of β-amino-alcohol motifs (C(OH)–C–C–N with tert-alkyl or cyclic N) is 1. The van der Waals surface area contributed by atoms with E-state index in [1.165, 1.54) is 0 Å². The van der Waals surface area contributed by atoms with Crippen LogP contribution in [-0.4, -0.2) is 35.8 Å². The lowest BCUT2D eigenvalue weighted by molar-refractivity contribution is -0.123. The Morgan fingerprint density at radius 2 is 1.95 bits per heavy atom. The Balaban J connectivity index is 2.48. The van der Waals surface area contributed by atoms with Gasteiger partial charge in [-0.05, 0) is 38.8 Å². The number of hydrogen-bond donors (Lipinski definition) is 3. The van der Waals surface area contributed by atoms with Crippen molar-refractivity contribution in [3.05, 3.63) is 29.3 Å². The summed E-state index contributed by atoms with van der Waals surface area (Å²) in [6, 6.07) is 5.89. The number of aliphatic hydroxyl groups is 1. The van der Waals surface area contributed by atoms with E-state index in [1.807, 2.05) is 32.0 Å². The van der Waals surface area contributed by atoms with Crippen LogP contribution in [-0.2, 0) is 4.79 Å². The van der Waals surface area contributed by atoms with Gasteiger partial charge in [0.25, 0.3) is 0 Å². The number of aryl methyl sites for hydroxylation is 2. The molecule has 0 spiro atoms. The standard InChI is InChI=1S/C15H24N2O3/c1-10-6-5-7-11(2)13(10)20-9-12(18)8-17-15(3,4)14(16)19/h5-7,12,17-18H,8-9H2,1-4H3,(H2,16,19). The first-order chi connectivity index (χ1) is 9.24. The van der Waals surface area contributed by atoms with Crippen LogP contribution >= 0.6 is 0 Å². The maximum Gasteiger partial charge on any atom is 0.237 e. The van der Waals surface area contributed by atoms with Crippen LogP contribution in [0.1, 0.15) is 25.0 Å². The van der Waals surface area contributed by atoms with E-state index in [-0.39, 0.29) is 13.2 Å². The second-order valence-corrected chi connectivity index (χ2v) is 5.56. The Morgan fingerprint density at radius 3 is 2.45 bits per heavy atom. The molecule has 0 aliphatic heterocycles. The summed E-state index contributed by atoms with van der Waals surface area (Å²) in [5.74, 6) is 0.334. The number of para-hydroxylation sites is 1. The van der Waals surface area contributed by atoms with Crippen LogP contribution in [0.25, 0.3) is 0 Å². The molecule has 0 saturated carbocycles. The normalized spacial score (nSPS) is 13.1. The molecule has 112 valence electrons. The van der Waals surface area contributed by atoms with Crippen LogP contribution < -0.4 is 15.8 Å². The molecule has 1 aromatic carbocycles. The zero-order valence-electron chi connectivity index (χ0n) is 12.6. The SMILES string of the molecule is Cc1cccc(C)c1OCC(O)CNC(C)(C)C(N)=O. The first-order valence-corrected chi connectivity index (χ1v) is 6.66. The van der Waals surface area contributed by atoms with Crippen molar-refractivity contribution in [2.24, 2.45) is 5.73 Å².